The lowest BCUT2D eigenvalue weighted by Crippen LogP contribution is -2.39. The van der Waals surface area contributed by atoms with Crippen molar-refractivity contribution < 1.29 is 10.2 Å². The van der Waals surface area contributed by atoms with Crippen LogP contribution in [-0.4, -0.2) is 10.2 Å². The van der Waals surface area contributed by atoms with Gasteiger partial charge in [0.1, 0.15) is 12.2 Å². The summed E-state index contributed by atoms with van der Waals surface area (Å²) in [5, 5.41) is 22.5. The fraction of sp³-hybridized carbons (Fsp3) is 0.0625. The molecule has 0 aliphatic heterocycles. The zero-order valence-electron chi connectivity index (χ0n) is 19.3. The highest BCUT2D eigenvalue weighted by Crippen LogP contribution is 2.55. The minimum absolute atomic E-state index is 0.167. The van der Waals surface area contributed by atoms with Crippen LogP contribution < -0.4 is 4.48 Å². The maximum Gasteiger partial charge on any atom is 0.185 e. The summed E-state index contributed by atoms with van der Waals surface area (Å²) < 4.78 is 0.167. The predicted molar refractivity (Wildman–Crippen MR) is 142 cm³/mol. The van der Waals surface area contributed by atoms with Crippen LogP contribution in [0.15, 0.2) is 121 Å². The van der Waals surface area contributed by atoms with Crippen LogP contribution in [0, 0.1) is 0 Å². The maximum atomic E-state index is 11.3. The lowest BCUT2D eigenvalue weighted by atomic mass is 9.98. The lowest BCUT2D eigenvalue weighted by molar-refractivity contribution is 0.417. The molecule has 6 rings (SSSR count). The molecule has 1 aliphatic carbocycles. The van der Waals surface area contributed by atoms with Gasteiger partial charge in [0.05, 0.1) is 0 Å². The smallest absolute Gasteiger partial charge is 0.185 e. The molecule has 0 atom stereocenters. The summed E-state index contributed by atoms with van der Waals surface area (Å²) in [7, 11) is 0. The van der Waals surface area contributed by atoms with Gasteiger partial charge in [0, 0.05) is 35.7 Å². The average Bonchev–Trinajstić information content (AvgIpc) is 3.28. The van der Waals surface area contributed by atoms with Crippen LogP contribution in [-0.2, 0) is 13.0 Å². The Morgan fingerprint density at radius 2 is 1.06 bits per heavy atom. The first-order chi connectivity index (χ1) is 17.2. The molecule has 3 heteroatoms. The number of aromatic hydroxyl groups is 2. The highest BCUT2D eigenvalue weighted by atomic mass is 16.3. The van der Waals surface area contributed by atoms with Crippen molar-refractivity contribution in [2.24, 2.45) is 0 Å². The topological polar surface area (TPSA) is 40.5 Å². The number of rotatable bonds is 5. The summed E-state index contributed by atoms with van der Waals surface area (Å²) in [5.74, 6) is 0.389. The van der Waals surface area contributed by atoms with Crippen LogP contribution >= 0.6 is 0 Å². The third-order valence-electron chi connectivity index (χ3n) is 7.09. The van der Waals surface area contributed by atoms with E-state index < -0.39 is 0 Å². The zero-order chi connectivity index (χ0) is 23.8. The van der Waals surface area contributed by atoms with E-state index in [1.807, 2.05) is 54.6 Å². The molecule has 0 radical (unpaired) electrons. The molecule has 3 nitrogen and oxygen atoms in total. The van der Waals surface area contributed by atoms with E-state index in [1.165, 1.54) is 22.3 Å². The van der Waals surface area contributed by atoms with E-state index in [9.17, 15) is 10.2 Å². The Hall–Kier alpha value is -4.34. The maximum absolute atomic E-state index is 11.3. The van der Waals surface area contributed by atoms with Gasteiger partial charge >= 0.3 is 0 Å². The van der Waals surface area contributed by atoms with Crippen molar-refractivity contribution in [3.8, 4) is 22.6 Å². The van der Waals surface area contributed by atoms with Gasteiger partial charge in [-0.05, 0) is 28.8 Å². The summed E-state index contributed by atoms with van der Waals surface area (Å²) >= 11 is 0. The highest BCUT2D eigenvalue weighted by Gasteiger charge is 2.43. The predicted octanol–water partition coefficient (Wildman–Crippen LogP) is 7.84. The first kappa shape index (κ1) is 21.2. The third-order valence-corrected chi connectivity index (χ3v) is 7.09. The van der Waals surface area contributed by atoms with Crippen LogP contribution in [0.5, 0.6) is 11.5 Å². The first-order valence-electron chi connectivity index (χ1n) is 11.9. The minimum Gasteiger partial charge on any atom is -0.503 e. The molecule has 35 heavy (non-hydrogen) atoms. The van der Waals surface area contributed by atoms with E-state index in [0.717, 1.165) is 29.0 Å². The van der Waals surface area contributed by atoms with Crippen LogP contribution in [0.25, 0.3) is 11.1 Å². The van der Waals surface area contributed by atoms with Crippen LogP contribution in [0.1, 0.15) is 16.7 Å². The number of benzene rings is 5. The second-order valence-electron chi connectivity index (χ2n) is 9.07. The average molecular weight is 457 g/mol. The first-order valence-corrected chi connectivity index (χ1v) is 11.9. The van der Waals surface area contributed by atoms with E-state index in [1.54, 1.807) is 12.1 Å². The Kier molecular flexibility index (Phi) is 5.13. The fourth-order valence-electron chi connectivity index (χ4n) is 5.57. The summed E-state index contributed by atoms with van der Waals surface area (Å²) in [6.45, 7) is 0.531. The van der Waals surface area contributed by atoms with Gasteiger partial charge in [0.2, 0.25) is 0 Å². The van der Waals surface area contributed by atoms with Gasteiger partial charge in [-0.3, -0.25) is 0 Å². The molecule has 0 fully saturated rings. The number of phenols is 2. The molecular weight excluding hydrogens is 430 g/mol. The molecule has 0 aromatic heterocycles. The number of nitrogens with zero attached hydrogens (tertiary/aromatic N) is 1. The van der Waals surface area contributed by atoms with Crippen LogP contribution in [0.3, 0.4) is 0 Å². The van der Waals surface area contributed by atoms with Crippen molar-refractivity contribution in [2.75, 3.05) is 0 Å². The summed E-state index contributed by atoms with van der Waals surface area (Å²) in [6, 6.07) is 40.2. The van der Waals surface area contributed by atoms with E-state index in [4.69, 9.17) is 0 Å². The normalized spacial score (nSPS) is 12.2. The van der Waals surface area contributed by atoms with Gasteiger partial charge in [-0.1, -0.05) is 91.0 Å². The second kappa shape index (κ2) is 8.46. The number of quaternary nitrogens is 1. The minimum atomic E-state index is 0.167. The molecule has 0 spiro atoms. The van der Waals surface area contributed by atoms with Gasteiger partial charge in [0.15, 0.2) is 22.9 Å². The van der Waals surface area contributed by atoms with Crippen LogP contribution in [0.2, 0.25) is 0 Å². The molecule has 0 heterocycles. The van der Waals surface area contributed by atoms with Gasteiger partial charge < -0.3 is 10.2 Å². The van der Waals surface area contributed by atoms with Crippen molar-refractivity contribution in [1.82, 2.24) is 4.48 Å². The molecule has 0 saturated heterocycles. The van der Waals surface area contributed by atoms with Gasteiger partial charge in [0.25, 0.3) is 0 Å². The molecule has 5 aromatic carbocycles. The Morgan fingerprint density at radius 1 is 0.514 bits per heavy atom. The van der Waals surface area contributed by atoms with Crippen molar-refractivity contribution in [1.29, 1.82) is 0 Å². The monoisotopic (exact) mass is 456 g/mol. The molecule has 5 aromatic rings. The number of hydrogen-bond donors (Lipinski definition) is 2. The van der Waals surface area contributed by atoms with E-state index in [0.29, 0.717) is 6.54 Å². The molecule has 0 unspecified atom stereocenters. The quantitative estimate of drug-likeness (QED) is 0.259. The van der Waals surface area contributed by atoms with E-state index >= 15 is 0 Å². The highest BCUT2D eigenvalue weighted by molar-refractivity contribution is 5.87. The molecule has 1 aliphatic rings. The summed E-state index contributed by atoms with van der Waals surface area (Å²) in [5.41, 5.74) is 8.57. The second-order valence-corrected chi connectivity index (χ2v) is 9.07. The number of hydrogen-bond acceptors (Lipinski definition) is 2. The third kappa shape index (κ3) is 3.40. The van der Waals surface area contributed by atoms with Gasteiger partial charge in [-0.15, -0.1) is 0 Å². The molecule has 0 amide bonds. The lowest BCUT2D eigenvalue weighted by Gasteiger charge is -2.39. The van der Waals surface area contributed by atoms with Crippen molar-refractivity contribution in [3.63, 3.8) is 0 Å². The zero-order valence-corrected chi connectivity index (χ0v) is 19.3. The summed E-state index contributed by atoms with van der Waals surface area (Å²) in [4.78, 5) is 0. The van der Waals surface area contributed by atoms with E-state index in [2.05, 4.69) is 54.6 Å². The Bertz CT molecular complexity index is 1480. The number of para-hydroxylation sites is 4. The van der Waals surface area contributed by atoms with Gasteiger partial charge in [-0.25, -0.2) is 4.48 Å². The molecule has 0 bridgehead atoms. The van der Waals surface area contributed by atoms with Gasteiger partial charge in [-0.2, -0.15) is 0 Å². The Labute approximate surface area is 205 Å². The number of phenolic OH excluding ortho intramolecular Hbond substituents is 2. The molecular formula is C32H26NO2+. The van der Waals surface area contributed by atoms with Crippen molar-refractivity contribution in [3.05, 3.63) is 138 Å². The van der Waals surface area contributed by atoms with Crippen molar-refractivity contribution in [2.45, 2.75) is 13.0 Å². The summed E-state index contributed by atoms with van der Waals surface area (Å²) in [6.07, 6.45) is 0.803. The Morgan fingerprint density at radius 3 is 1.74 bits per heavy atom. The molecule has 170 valence electrons. The van der Waals surface area contributed by atoms with Crippen molar-refractivity contribution >= 4 is 17.1 Å². The Balaban J connectivity index is 1.72. The SMILES string of the molecule is Oc1ccccc1[N+](Cc1ccccc1)(c1ccccc1O)c1cccc2c1Cc1ccccc1-2. The van der Waals surface area contributed by atoms with Crippen LogP contribution in [0.4, 0.5) is 17.1 Å². The molecule has 0 saturated carbocycles. The standard InChI is InChI=1S/C32H25NO2/c34-31-19-8-6-16-29(31)33(22-23-11-2-1-3-12-23,30-17-7-9-20-32(30)35)28-18-10-15-26-25-14-5-4-13-24(25)21-27(26)28/h1-20H,21-22H2,(H-,34,35)/p+1. The van der Waals surface area contributed by atoms with E-state index in [-0.39, 0.29) is 16.0 Å². The largest absolute Gasteiger partial charge is 0.503 e. The fourth-order valence-corrected chi connectivity index (χ4v) is 5.57. The number of fused-ring (bicyclic) bond motifs is 3. The molecule has 2 N–H and O–H groups in total.